The van der Waals surface area contributed by atoms with E-state index in [9.17, 15) is 9.59 Å². The maximum Gasteiger partial charge on any atom is 0.338 e. The summed E-state index contributed by atoms with van der Waals surface area (Å²) in [7, 11) is 1.57. The fourth-order valence-electron chi connectivity index (χ4n) is 5.47. The number of fused-ring (bicyclic) bond motifs is 2. The molecule has 6 rings (SSSR count). The number of esters is 1. The van der Waals surface area contributed by atoms with Crippen molar-refractivity contribution in [2.45, 2.75) is 26.4 Å². The van der Waals surface area contributed by atoms with Crippen LogP contribution < -0.4 is 19.6 Å². The first-order valence-electron chi connectivity index (χ1n) is 13.6. The van der Waals surface area contributed by atoms with Crippen molar-refractivity contribution in [3.8, 4) is 5.75 Å². The van der Waals surface area contributed by atoms with Crippen molar-refractivity contribution in [1.82, 2.24) is 9.13 Å². The van der Waals surface area contributed by atoms with Crippen LogP contribution >= 0.6 is 34.5 Å². The van der Waals surface area contributed by atoms with Crippen molar-refractivity contribution >= 4 is 57.5 Å². The molecular formula is C33H27Cl2N3O4S. The number of rotatable bonds is 7. The van der Waals surface area contributed by atoms with Crippen molar-refractivity contribution in [3.05, 3.63) is 131 Å². The van der Waals surface area contributed by atoms with Gasteiger partial charge in [-0.2, -0.15) is 0 Å². The van der Waals surface area contributed by atoms with Crippen molar-refractivity contribution < 1.29 is 14.3 Å². The lowest BCUT2D eigenvalue weighted by Crippen LogP contribution is -2.40. The minimum absolute atomic E-state index is 0.198. The van der Waals surface area contributed by atoms with Gasteiger partial charge in [0, 0.05) is 44.8 Å². The summed E-state index contributed by atoms with van der Waals surface area (Å²) in [5.74, 6) is 0.0420. The summed E-state index contributed by atoms with van der Waals surface area (Å²) >= 11 is 13.9. The molecule has 2 aromatic heterocycles. The number of halogens is 2. The van der Waals surface area contributed by atoms with E-state index in [4.69, 9.17) is 37.7 Å². The molecule has 0 N–H and O–H groups in total. The largest absolute Gasteiger partial charge is 0.496 e. The van der Waals surface area contributed by atoms with Crippen molar-refractivity contribution in [2.24, 2.45) is 4.99 Å². The Kier molecular flexibility index (Phi) is 8.01. The Labute approximate surface area is 261 Å². The van der Waals surface area contributed by atoms with E-state index in [0.29, 0.717) is 48.5 Å². The second-order valence-electron chi connectivity index (χ2n) is 10.0. The lowest BCUT2D eigenvalue weighted by Gasteiger charge is -2.25. The smallest absolute Gasteiger partial charge is 0.338 e. The van der Waals surface area contributed by atoms with Crippen LogP contribution in [-0.4, -0.2) is 28.8 Å². The SMILES string of the molecule is CCOC(=O)C1=C(C)N=c2s/c(=C/c3cn(Cc4ccc(Cl)cc4Cl)c4ccccc34)c(=O)n2C1c1ccccc1OC. The van der Waals surface area contributed by atoms with Crippen LogP contribution in [0, 0.1) is 0 Å². The van der Waals surface area contributed by atoms with E-state index in [1.54, 1.807) is 31.6 Å². The first kappa shape index (κ1) is 29.0. The molecule has 1 unspecified atom stereocenters. The number of ether oxygens (including phenoxy) is 2. The summed E-state index contributed by atoms with van der Waals surface area (Å²) in [5.41, 5.74) is 4.02. The second kappa shape index (κ2) is 11.9. The molecule has 1 atom stereocenters. The van der Waals surface area contributed by atoms with E-state index >= 15 is 0 Å². The fraction of sp³-hybridized carbons (Fsp3) is 0.182. The zero-order valence-electron chi connectivity index (χ0n) is 23.6. The topological polar surface area (TPSA) is 74.8 Å². The second-order valence-corrected chi connectivity index (χ2v) is 11.9. The minimum Gasteiger partial charge on any atom is -0.496 e. The number of para-hydroxylation sites is 2. The standard InChI is InChI=1S/C33H27Cl2N3O4S/c1-4-42-32(40)29-19(2)36-33-38(30(29)24-10-6-8-12-27(24)41-3)31(39)28(43-33)15-21-18-37(26-11-7-5-9-23(21)26)17-20-13-14-22(34)16-25(20)35/h5-16,18,30H,4,17H2,1-3H3/b28-15+. The fourth-order valence-corrected chi connectivity index (χ4v) is 6.98. The zero-order chi connectivity index (χ0) is 30.2. The molecule has 1 aliphatic heterocycles. The molecule has 0 aliphatic carbocycles. The molecule has 0 amide bonds. The number of carbonyl (C=O) groups is 1. The maximum atomic E-state index is 14.2. The number of carbonyl (C=O) groups excluding carboxylic acids is 1. The van der Waals surface area contributed by atoms with Crippen molar-refractivity contribution in [3.63, 3.8) is 0 Å². The van der Waals surface area contributed by atoms with E-state index in [1.807, 2.05) is 72.9 Å². The van der Waals surface area contributed by atoms with Gasteiger partial charge in [0.25, 0.3) is 5.56 Å². The van der Waals surface area contributed by atoms with E-state index in [2.05, 4.69) is 4.57 Å². The number of hydrogen-bond donors (Lipinski definition) is 0. The first-order chi connectivity index (χ1) is 20.8. The molecule has 7 nitrogen and oxygen atoms in total. The average molecular weight is 633 g/mol. The monoisotopic (exact) mass is 631 g/mol. The van der Waals surface area contributed by atoms with Crippen LogP contribution in [0.5, 0.6) is 5.75 Å². The third-order valence-corrected chi connectivity index (χ3v) is 8.98. The van der Waals surface area contributed by atoms with Gasteiger partial charge in [0.15, 0.2) is 4.80 Å². The van der Waals surface area contributed by atoms with Crippen LogP contribution in [0.25, 0.3) is 17.0 Å². The Morgan fingerprint density at radius 2 is 1.86 bits per heavy atom. The van der Waals surface area contributed by atoms with Gasteiger partial charge in [-0.25, -0.2) is 9.79 Å². The van der Waals surface area contributed by atoms with Crippen LogP contribution in [-0.2, 0) is 16.1 Å². The number of aromatic nitrogens is 2. The highest BCUT2D eigenvalue weighted by atomic mass is 35.5. The molecule has 218 valence electrons. The Balaban J connectivity index is 1.53. The van der Waals surface area contributed by atoms with Crippen LogP contribution in [0.1, 0.15) is 36.6 Å². The van der Waals surface area contributed by atoms with E-state index in [0.717, 1.165) is 22.0 Å². The van der Waals surface area contributed by atoms with Crippen LogP contribution in [0.15, 0.2) is 94.0 Å². The number of methoxy groups -OCH3 is 1. The molecule has 1 aliphatic rings. The molecule has 3 aromatic carbocycles. The highest BCUT2D eigenvalue weighted by Crippen LogP contribution is 2.35. The van der Waals surface area contributed by atoms with Gasteiger partial charge in [-0.3, -0.25) is 9.36 Å². The van der Waals surface area contributed by atoms with Crippen molar-refractivity contribution in [1.29, 1.82) is 0 Å². The summed E-state index contributed by atoms with van der Waals surface area (Å²) in [6.07, 6.45) is 3.90. The van der Waals surface area contributed by atoms with Gasteiger partial charge in [-0.1, -0.05) is 77.0 Å². The highest BCUT2D eigenvalue weighted by molar-refractivity contribution is 7.07. The molecule has 10 heteroatoms. The summed E-state index contributed by atoms with van der Waals surface area (Å²) < 4.78 is 15.2. The van der Waals surface area contributed by atoms with Gasteiger partial charge in [0.05, 0.1) is 29.5 Å². The lowest BCUT2D eigenvalue weighted by molar-refractivity contribution is -0.139. The third kappa shape index (κ3) is 5.31. The molecule has 3 heterocycles. The first-order valence-corrected chi connectivity index (χ1v) is 15.2. The molecule has 0 spiro atoms. The number of hydrogen-bond acceptors (Lipinski definition) is 6. The number of benzene rings is 3. The molecule has 0 saturated heterocycles. The molecule has 0 fully saturated rings. The van der Waals surface area contributed by atoms with Gasteiger partial charge in [0.2, 0.25) is 0 Å². The highest BCUT2D eigenvalue weighted by Gasteiger charge is 2.35. The number of allylic oxidation sites excluding steroid dienone is 1. The van der Waals surface area contributed by atoms with Gasteiger partial charge in [-0.15, -0.1) is 0 Å². The van der Waals surface area contributed by atoms with Crippen LogP contribution in [0.4, 0.5) is 0 Å². The Morgan fingerprint density at radius 3 is 2.63 bits per heavy atom. The molecule has 43 heavy (non-hydrogen) atoms. The molecule has 0 saturated carbocycles. The van der Waals surface area contributed by atoms with Gasteiger partial charge < -0.3 is 14.0 Å². The third-order valence-electron chi connectivity index (χ3n) is 7.41. The quantitative estimate of drug-likeness (QED) is 0.203. The average Bonchev–Trinajstić information content (AvgIpc) is 3.50. The Hall–Kier alpha value is -4.11. The molecular weight excluding hydrogens is 605 g/mol. The van der Waals surface area contributed by atoms with Crippen LogP contribution in [0.2, 0.25) is 10.0 Å². The predicted molar refractivity (Wildman–Crippen MR) is 171 cm³/mol. The lowest BCUT2D eigenvalue weighted by atomic mass is 9.95. The number of thiazole rings is 1. The summed E-state index contributed by atoms with van der Waals surface area (Å²) in [4.78, 5) is 32.6. The van der Waals surface area contributed by atoms with E-state index in [1.165, 1.54) is 11.3 Å². The maximum absolute atomic E-state index is 14.2. The van der Waals surface area contributed by atoms with Gasteiger partial charge >= 0.3 is 5.97 Å². The zero-order valence-corrected chi connectivity index (χ0v) is 26.0. The molecule has 0 radical (unpaired) electrons. The summed E-state index contributed by atoms with van der Waals surface area (Å²) in [6.45, 7) is 4.24. The Morgan fingerprint density at radius 1 is 1.09 bits per heavy atom. The molecule has 0 bridgehead atoms. The normalized spacial score (nSPS) is 15.0. The number of nitrogens with zero attached hydrogens (tertiary/aromatic N) is 3. The molecule has 5 aromatic rings. The van der Waals surface area contributed by atoms with E-state index in [-0.39, 0.29) is 12.2 Å². The Bertz CT molecular complexity index is 2110. The van der Waals surface area contributed by atoms with Gasteiger partial charge in [0.1, 0.15) is 11.8 Å². The van der Waals surface area contributed by atoms with Crippen LogP contribution in [0.3, 0.4) is 0 Å². The predicted octanol–water partition coefficient (Wildman–Crippen LogP) is 6.12. The van der Waals surface area contributed by atoms with Crippen molar-refractivity contribution in [2.75, 3.05) is 13.7 Å². The van der Waals surface area contributed by atoms with Gasteiger partial charge in [-0.05, 0) is 49.8 Å². The minimum atomic E-state index is -0.762. The summed E-state index contributed by atoms with van der Waals surface area (Å²) in [6, 6.07) is 20.1. The van der Waals surface area contributed by atoms with E-state index < -0.39 is 12.0 Å². The summed E-state index contributed by atoms with van der Waals surface area (Å²) in [5, 5.41) is 2.15.